The van der Waals surface area contributed by atoms with Crippen molar-refractivity contribution in [2.45, 2.75) is 44.5 Å². The first kappa shape index (κ1) is 20.4. The molecule has 0 aromatic heterocycles. The summed E-state index contributed by atoms with van der Waals surface area (Å²) in [6, 6.07) is 0. The van der Waals surface area contributed by atoms with Crippen molar-refractivity contribution < 1.29 is 44.2 Å². The Morgan fingerprint density at radius 1 is 1.21 bits per heavy atom. The van der Waals surface area contributed by atoms with Gasteiger partial charge >= 0.3 is 5.97 Å². The SMILES string of the molecule is CCCCOC1=C(OCC)[C@@](C(=O)C(O)CO)([C@@H](O)CO)OC1=O. The molecule has 0 aromatic rings. The van der Waals surface area contributed by atoms with E-state index in [0.29, 0.717) is 6.42 Å². The number of aliphatic hydroxyl groups is 4. The number of aliphatic hydroxyl groups excluding tert-OH is 4. The first-order valence-electron chi connectivity index (χ1n) is 7.76. The molecule has 0 fully saturated rings. The maximum Gasteiger partial charge on any atom is 0.378 e. The van der Waals surface area contributed by atoms with E-state index < -0.39 is 54.3 Å². The highest BCUT2D eigenvalue weighted by Crippen LogP contribution is 2.39. The van der Waals surface area contributed by atoms with E-state index in [2.05, 4.69) is 0 Å². The fraction of sp³-hybridized carbons (Fsp3) is 0.733. The predicted octanol–water partition coefficient (Wildman–Crippen LogP) is -1.38. The number of unbranched alkanes of at least 4 members (excludes halogenated alkanes) is 1. The molecule has 1 aliphatic rings. The Morgan fingerprint density at radius 2 is 1.88 bits per heavy atom. The first-order valence-corrected chi connectivity index (χ1v) is 7.76. The zero-order valence-electron chi connectivity index (χ0n) is 13.7. The molecular formula is C15H24O9. The lowest BCUT2D eigenvalue weighted by Crippen LogP contribution is -2.58. The normalized spacial score (nSPS) is 23.0. The van der Waals surface area contributed by atoms with Gasteiger partial charge in [0.2, 0.25) is 17.3 Å². The molecule has 0 amide bonds. The average molecular weight is 348 g/mol. The maximum absolute atomic E-state index is 12.5. The Bertz CT molecular complexity index is 487. The second-order valence-electron chi connectivity index (χ2n) is 5.18. The number of hydrogen-bond donors (Lipinski definition) is 4. The summed E-state index contributed by atoms with van der Waals surface area (Å²) in [7, 11) is 0. The van der Waals surface area contributed by atoms with Crippen molar-refractivity contribution in [2.75, 3.05) is 26.4 Å². The first-order chi connectivity index (χ1) is 11.4. The number of rotatable bonds is 11. The van der Waals surface area contributed by atoms with Crippen LogP contribution in [-0.4, -0.2) is 76.4 Å². The summed E-state index contributed by atoms with van der Waals surface area (Å²) in [5, 5.41) is 38.1. The van der Waals surface area contributed by atoms with Gasteiger partial charge < -0.3 is 34.6 Å². The summed E-state index contributed by atoms with van der Waals surface area (Å²) >= 11 is 0. The van der Waals surface area contributed by atoms with Crippen molar-refractivity contribution in [3.8, 4) is 0 Å². The molecule has 0 spiro atoms. The van der Waals surface area contributed by atoms with Crippen LogP contribution < -0.4 is 0 Å². The molecule has 0 aromatic carbocycles. The minimum atomic E-state index is -2.47. The monoisotopic (exact) mass is 348 g/mol. The van der Waals surface area contributed by atoms with Crippen molar-refractivity contribution in [2.24, 2.45) is 0 Å². The second kappa shape index (κ2) is 8.97. The molecule has 0 bridgehead atoms. The van der Waals surface area contributed by atoms with Gasteiger partial charge in [-0.05, 0) is 13.3 Å². The van der Waals surface area contributed by atoms with E-state index in [9.17, 15) is 24.9 Å². The summed E-state index contributed by atoms with van der Waals surface area (Å²) in [5.74, 6) is -3.07. The third-order valence-corrected chi connectivity index (χ3v) is 3.50. The summed E-state index contributed by atoms with van der Waals surface area (Å²) in [6.07, 6.45) is -2.42. The molecule has 0 saturated carbocycles. The van der Waals surface area contributed by atoms with Gasteiger partial charge in [-0.2, -0.15) is 0 Å². The molecule has 24 heavy (non-hydrogen) atoms. The molecule has 9 heteroatoms. The van der Waals surface area contributed by atoms with E-state index in [-0.39, 0.29) is 13.2 Å². The number of Topliss-reactive ketones (excluding diaryl/α,β-unsaturated/α-hetero) is 1. The molecule has 1 aliphatic heterocycles. The fourth-order valence-electron chi connectivity index (χ4n) is 2.27. The molecule has 0 radical (unpaired) electrons. The molecule has 4 N–H and O–H groups in total. The minimum absolute atomic E-state index is 0.00894. The molecular weight excluding hydrogens is 324 g/mol. The van der Waals surface area contributed by atoms with Crippen LogP contribution in [0.1, 0.15) is 26.7 Å². The number of hydrogen-bond acceptors (Lipinski definition) is 9. The standard InChI is InChI=1S/C15H24O9/c1-3-5-6-23-11-13(22-4-2)15(10(19)8-17,24-14(11)21)12(20)9(18)7-16/h9-10,16-19H,3-8H2,1-2H3/t9?,10-,15-/m0/s1. The van der Waals surface area contributed by atoms with Gasteiger partial charge in [0, 0.05) is 0 Å². The summed E-state index contributed by atoms with van der Waals surface area (Å²) in [4.78, 5) is 24.6. The van der Waals surface area contributed by atoms with Crippen LogP contribution in [0, 0.1) is 0 Å². The number of esters is 1. The van der Waals surface area contributed by atoms with Crippen molar-refractivity contribution in [1.82, 2.24) is 0 Å². The third kappa shape index (κ3) is 3.69. The highest BCUT2D eigenvalue weighted by atomic mass is 16.6. The van der Waals surface area contributed by atoms with E-state index in [4.69, 9.17) is 19.3 Å². The van der Waals surface area contributed by atoms with Crippen molar-refractivity contribution >= 4 is 11.8 Å². The molecule has 0 saturated heterocycles. The number of ketones is 1. The zero-order chi connectivity index (χ0) is 18.3. The van der Waals surface area contributed by atoms with E-state index in [0.717, 1.165) is 6.42 Å². The quantitative estimate of drug-likeness (QED) is 0.262. The lowest BCUT2D eigenvalue weighted by Gasteiger charge is -2.32. The number of carbonyl (C=O) groups excluding carboxylic acids is 2. The maximum atomic E-state index is 12.5. The van der Waals surface area contributed by atoms with Gasteiger partial charge in [-0.15, -0.1) is 0 Å². The number of cyclic esters (lactones) is 1. The average Bonchev–Trinajstić information content (AvgIpc) is 2.86. The topological polar surface area (TPSA) is 143 Å². The van der Waals surface area contributed by atoms with Crippen LogP contribution in [-0.2, 0) is 23.8 Å². The van der Waals surface area contributed by atoms with Crippen LogP contribution in [0.5, 0.6) is 0 Å². The number of carbonyl (C=O) groups is 2. The van der Waals surface area contributed by atoms with Gasteiger partial charge in [0.25, 0.3) is 5.60 Å². The van der Waals surface area contributed by atoms with Crippen LogP contribution >= 0.6 is 0 Å². The molecule has 0 aliphatic carbocycles. The second-order valence-corrected chi connectivity index (χ2v) is 5.18. The van der Waals surface area contributed by atoms with E-state index in [1.807, 2.05) is 6.92 Å². The third-order valence-electron chi connectivity index (χ3n) is 3.50. The zero-order valence-corrected chi connectivity index (χ0v) is 13.7. The van der Waals surface area contributed by atoms with E-state index in [1.54, 1.807) is 6.92 Å². The lowest BCUT2D eigenvalue weighted by molar-refractivity contribution is -0.179. The summed E-state index contributed by atoms with van der Waals surface area (Å²) < 4.78 is 15.6. The Morgan fingerprint density at radius 3 is 2.38 bits per heavy atom. The Kier molecular flexibility index (Phi) is 7.61. The highest BCUT2D eigenvalue weighted by molar-refractivity contribution is 6.03. The van der Waals surface area contributed by atoms with Gasteiger partial charge in [-0.25, -0.2) is 4.79 Å². The number of ether oxygens (including phenoxy) is 3. The Hall–Kier alpha value is -1.68. The Labute approximate surface area is 139 Å². The molecule has 9 nitrogen and oxygen atoms in total. The van der Waals surface area contributed by atoms with Gasteiger partial charge in [-0.3, -0.25) is 4.79 Å². The van der Waals surface area contributed by atoms with Gasteiger partial charge in [-0.1, -0.05) is 13.3 Å². The smallest absolute Gasteiger partial charge is 0.378 e. The largest absolute Gasteiger partial charge is 0.490 e. The van der Waals surface area contributed by atoms with Gasteiger partial charge in [0.15, 0.2) is 0 Å². The van der Waals surface area contributed by atoms with Crippen LogP contribution in [0.2, 0.25) is 0 Å². The minimum Gasteiger partial charge on any atom is -0.490 e. The van der Waals surface area contributed by atoms with Crippen molar-refractivity contribution in [1.29, 1.82) is 0 Å². The lowest BCUT2D eigenvalue weighted by atomic mass is 9.87. The Balaban J connectivity index is 3.39. The summed E-state index contributed by atoms with van der Waals surface area (Å²) in [5.41, 5.74) is -2.47. The van der Waals surface area contributed by atoms with Crippen LogP contribution in [0.3, 0.4) is 0 Å². The fourth-order valence-corrected chi connectivity index (χ4v) is 2.27. The highest BCUT2D eigenvalue weighted by Gasteiger charge is 2.62. The van der Waals surface area contributed by atoms with Gasteiger partial charge in [0.05, 0.1) is 26.4 Å². The summed E-state index contributed by atoms with van der Waals surface area (Å²) in [6.45, 7) is 1.74. The van der Waals surface area contributed by atoms with Crippen LogP contribution in [0.15, 0.2) is 11.5 Å². The van der Waals surface area contributed by atoms with E-state index >= 15 is 0 Å². The van der Waals surface area contributed by atoms with Crippen molar-refractivity contribution in [3.63, 3.8) is 0 Å². The van der Waals surface area contributed by atoms with E-state index in [1.165, 1.54) is 0 Å². The molecule has 3 atom stereocenters. The molecule has 1 heterocycles. The van der Waals surface area contributed by atoms with Crippen molar-refractivity contribution in [3.05, 3.63) is 11.5 Å². The predicted molar refractivity (Wildman–Crippen MR) is 79.5 cm³/mol. The van der Waals surface area contributed by atoms with Crippen LogP contribution in [0.4, 0.5) is 0 Å². The molecule has 138 valence electrons. The molecule has 1 rings (SSSR count). The van der Waals surface area contributed by atoms with Gasteiger partial charge in [0.1, 0.15) is 12.2 Å². The molecule has 1 unspecified atom stereocenters. The van der Waals surface area contributed by atoms with Crippen LogP contribution in [0.25, 0.3) is 0 Å².